The number of ether oxygens (including phenoxy) is 3. The van der Waals surface area contributed by atoms with Gasteiger partial charge < -0.3 is 29.1 Å². The number of aromatic nitrogens is 5. The quantitative estimate of drug-likeness (QED) is 0.117. The van der Waals surface area contributed by atoms with Gasteiger partial charge >= 0.3 is 12.1 Å². The van der Waals surface area contributed by atoms with E-state index in [9.17, 15) is 19.5 Å². The zero-order chi connectivity index (χ0) is 52.7. The van der Waals surface area contributed by atoms with E-state index in [0.717, 1.165) is 80.8 Å². The van der Waals surface area contributed by atoms with Crippen LogP contribution in [0.5, 0.6) is 11.8 Å². The number of terminal acetylenes is 1. The van der Waals surface area contributed by atoms with E-state index in [1.165, 1.54) is 24.3 Å². The number of carbonyl (C=O) groups excluding carboxylic acids is 3. The SMILES string of the molecule is C#Cc1c(F)ccc2cc(O)cc(-c3nc4c5c(nc(OC[C@@]67CCCN6[C@H](COC(=O)N6CCC8(CC6)CC(C#Cc6ccc9c(C%10CCC(=O)NC%10=O)nn(C)c9c6)C8)CC7)nc5c3F)N3CCCOC[C@@H]3CC4)c12. The third-order valence-corrected chi connectivity index (χ3v) is 17.9. The van der Waals surface area contributed by atoms with Gasteiger partial charge in [-0.3, -0.25) is 24.5 Å². The molecule has 3 aromatic heterocycles. The number of hydrogen-bond acceptors (Lipinski definition) is 13. The maximum Gasteiger partial charge on any atom is 0.409 e. The van der Waals surface area contributed by atoms with Crippen molar-refractivity contribution >= 4 is 56.3 Å². The molecule has 396 valence electrons. The molecule has 6 aromatic rings. The van der Waals surface area contributed by atoms with Crippen LogP contribution in [0.3, 0.4) is 0 Å². The van der Waals surface area contributed by atoms with E-state index in [0.29, 0.717) is 86.5 Å². The molecule has 5 saturated heterocycles. The minimum atomic E-state index is -0.753. The molecule has 9 heterocycles. The van der Waals surface area contributed by atoms with Gasteiger partial charge in [-0.25, -0.2) is 18.6 Å². The zero-order valence-corrected chi connectivity index (χ0v) is 43.0. The first-order valence-electron chi connectivity index (χ1n) is 27.2. The molecule has 77 heavy (non-hydrogen) atoms. The summed E-state index contributed by atoms with van der Waals surface area (Å²) in [6, 6.07) is 11.5. The Morgan fingerprint density at radius 2 is 1.82 bits per heavy atom. The van der Waals surface area contributed by atoms with E-state index in [1.807, 2.05) is 30.1 Å². The lowest BCUT2D eigenvalue weighted by molar-refractivity contribution is -0.134. The molecule has 1 spiro atoms. The molecule has 16 nitrogen and oxygen atoms in total. The average molecular weight is 1040 g/mol. The van der Waals surface area contributed by atoms with E-state index in [4.69, 9.17) is 35.6 Å². The van der Waals surface area contributed by atoms with Gasteiger partial charge in [-0.2, -0.15) is 15.1 Å². The number of amides is 3. The van der Waals surface area contributed by atoms with Crippen molar-refractivity contribution in [1.82, 2.24) is 39.8 Å². The summed E-state index contributed by atoms with van der Waals surface area (Å²) in [5.41, 5.74) is 2.92. The summed E-state index contributed by atoms with van der Waals surface area (Å²) in [7, 11) is 1.86. The number of piperidine rings is 2. The smallest absolute Gasteiger partial charge is 0.409 e. The highest BCUT2D eigenvalue weighted by molar-refractivity contribution is 6.04. The molecule has 0 bridgehead atoms. The third-order valence-electron chi connectivity index (χ3n) is 17.9. The van der Waals surface area contributed by atoms with Crippen molar-refractivity contribution in [2.45, 2.75) is 107 Å². The molecule has 6 fully saturated rings. The minimum absolute atomic E-state index is 0.0154. The number of phenols is 1. The summed E-state index contributed by atoms with van der Waals surface area (Å²) in [6.45, 7) is 4.36. The van der Waals surface area contributed by atoms with Crippen LogP contribution in [0.1, 0.15) is 105 Å². The number of anilines is 1. The number of fused-ring (bicyclic) bond motifs is 5. The summed E-state index contributed by atoms with van der Waals surface area (Å²) in [5.74, 6) is 7.59. The predicted octanol–water partition coefficient (Wildman–Crippen LogP) is 7.81. The molecule has 18 heteroatoms. The number of imide groups is 1. The van der Waals surface area contributed by atoms with Crippen LogP contribution in [-0.4, -0.2) is 128 Å². The summed E-state index contributed by atoms with van der Waals surface area (Å²) < 4.78 is 53.2. The third kappa shape index (κ3) is 8.64. The molecule has 3 aromatic carbocycles. The van der Waals surface area contributed by atoms with Crippen LogP contribution >= 0.6 is 0 Å². The van der Waals surface area contributed by atoms with Crippen LogP contribution in [0.4, 0.5) is 19.4 Å². The highest BCUT2D eigenvalue weighted by Gasteiger charge is 2.51. The fraction of sp³-hybridized carbons (Fsp3) is 0.475. The van der Waals surface area contributed by atoms with Crippen LogP contribution < -0.4 is 15.0 Å². The zero-order valence-electron chi connectivity index (χ0n) is 43.0. The highest BCUT2D eigenvalue weighted by Crippen LogP contribution is 2.53. The second-order valence-corrected chi connectivity index (χ2v) is 22.4. The van der Waals surface area contributed by atoms with Gasteiger partial charge in [0.25, 0.3) is 0 Å². The van der Waals surface area contributed by atoms with Crippen molar-refractivity contribution in [3.63, 3.8) is 0 Å². The molecule has 4 atom stereocenters. The average Bonchev–Trinajstić information content (AvgIpc) is 3.99. The van der Waals surface area contributed by atoms with Crippen LogP contribution in [0.25, 0.3) is 43.8 Å². The van der Waals surface area contributed by atoms with Gasteiger partial charge in [0, 0.05) is 73.6 Å². The summed E-state index contributed by atoms with van der Waals surface area (Å²) in [6.07, 6.45) is 15.5. The molecule has 1 unspecified atom stereocenters. The van der Waals surface area contributed by atoms with E-state index in [2.05, 4.69) is 38.0 Å². The van der Waals surface area contributed by atoms with E-state index in [1.54, 1.807) is 4.68 Å². The predicted molar refractivity (Wildman–Crippen MR) is 282 cm³/mol. The first kappa shape index (κ1) is 49.2. The van der Waals surface area contributed by atoms with Crippen molar-refractivity contribution in [3.05, 3.63) is 76.6 Å². The van der Waals surface area contributed by atoms with Crippen molar-refractivity contribution in [1.29, 1.82) is 0 Å². The Morgan fingerprint density at radius 1 is 0.961 bits per heavy atom. The standard InChI is InChI=1S/C59H59F2N9O7/c1-3-40-44(60)13-9-36-27-39(71)28-43(48(36)40)52-50(61)53-49-45(62-52)14-10-37-31-75-25-5-21-69(37)54(49)65-56(64-53)77-33-59-17-4-22-70(59)38(16-18-59)32-76-57(74)68-23-19-58(20-24-68)29-35(30-58)7-6-34-8-11-41-46(26-34)67(2)66-51(41)42-12-15-47(72)63-55(42)73/h1,8-9,11,13,26-28,35,37-38,42,71H,4-5,10,12,14-25,29-33H2,2H3,(H,63,72,73)/t37-,38-,42?,59-/m0/s1. The molecule has 3 amide bonds. The van der Waals surface area contributed by atoms with Crippen LogP contribution in [0, 0.1) is 47.2 Å². The number of hydrogen-bond donors (Lipinski definition) is 2. The van der Waals surface area contributed by atoms with Crippen molar-refractivity contribution in [2.75, 3.05) is 57.5 Å². The van der Waals surface area contributed by atoms with Crippen LogP contribution in [-0.2, 0) is 32.5 Å². The first-order valence-corrected chi connectivity index (χ1v) is 27.2. The number of likely N-dealkylation sites (tertiary alicyclic amines) is 1. The molecular formula is C59H59F2N9O7. The number of benzene rings is 3. The Bertz CT molecular complexity index is 3550. The second-order valence-electron chi connectivity index (χ2n) is 22.4. The van der Waals surface area contributed by atoms with Gasteiger partial charge in [0.2, 0.25) is 11.8 Å². The molecule has 1 aliphatic carbocycles. The monoisotopic (exact) mass is 1040 g/mol. The maximum atomic E-state index is 17.5. The number of carbonyl (C=O) groups is 3. The van der Waals surface area contributed by atoms with Gasteiger partial charge in [0.1, 0.15) is 41.8 Å². The Morgan fingerprint density at radius 3 is 2.65 bits per heavy atom. The number of halogens is 2. The topological polar surface area (TPSA) is 177 Å². The molecule has 0 radical (unpaired) electrons. The Hall–Kier alpha value is -7.41. The number of aromatic hydroxyl groups is 1. The number of aryl methyl sites for hydroxylation is 2. The van der Waals surface area contributed by atoms with E-state index in [-0.39, 0.29) is 99.6 Å². The fourth-order valence-corrected chi connectivity index (χ4v) is 13.9. The molecule has 13 rings (SSSR count). The van der Waals surface area contributed by atoms with Crippen molar-refractivity contribution in [2.24, 2.45) is 18.4 Å². The molecule has 7 aliphatic rings. The lowest BCUT2D eigenvalue weighted by Gasteiger charge is -2.50. The fourth-order valence-electron chi connectivity index (χ4n) is 13.9. The number of nitrogens with zero attached hydrogens (tertiary/aromatic N) is 8. The lowest BCUT2D eigenvalue weighted by atomic mass is 9.58. The molecule has 2 N–H and O–H groups in total. The molecular weight excluding hydrogens is 985 g/mol. The normalized spacial score (nSPS) is 24.2. The van der Waals surface area contributed by atoms with Gasteiger partial charge in [-0.05, 0) is 131 Å². The first-order chi connectivity index (χ1) is 37.4. The van der Waals surface area contributed by atoms with Crippen molar-refractivity contribution in [3.8, 4) is 47.2 Å². The summed E-state index contributed by atoms with van der Waals surface area (Å²) in [4.78, 5) is 59.1. The number of nitrogens with one attached hydrogen (secondary N) is 1. The maximum absolute atomic E-state index is 17.5. The summed E-state index contributed by atoms with van der Waals surface area (Å²) in [5, 5.41) is 20.1. The van der Waals surface area contributed by atoms with Gasteiger partial charge in [-0.15, -0.1) is 6.42 Å². The number of phenolic OH excluding ortho intramolecular Hbond substituents is 1. The Kier molecular flexibility index (Phi) is 12.3. The molecule has 1 saturated carbocycles. The highest BCUT2D eigenvalue weighted by atomic mass is 19.1. The van der Waals surface area contributed by atoms with Crippen LogP contribution in [0.2, 0.25) is 0 Å². The summed E-state index contributed by atoms with van der Waals surface area (Å²) >= 11 is 0. The number of rotatable bonds is 7. The Labute approximate surface area is 443 Å². The van der Waals surface area contributed by atoms with Gasteiger partial charge in [-0.1, -0.05) is 23.8 Å². The Balaban J connectivity index is 0.664. The largest absolute Gasteiger partial charge is 0.508 e. The van der Waals surface area contributed by atoms with Crippen molar-refractivity contribution < 1.29 is 42.5 Å². The van der Waals surface area contributed by atoms with E-state index >= 15 is 8.78 Å². The van der Waals surface area contributed by atoms with E-state index < -0.39 is 17.6 Å². The lowest BCUT2D eigenvalue weighted by Crippen LogP contribution is -2.50. The van der Waals surface area contributed by atoms with Gasteiger partial charge in [0.05, 0.1) is 52.0 Å². The molecule has 6 aliphatic heterocycles. The minimum Gasteiger partial charge on any atom is -0.508 e. The van der Waals surface area contributed by atoms with Gasteiger partial charge in [0.15, 0.2) is 5.82 Å². The number of pyridine rings is 1. The van der Waals surface area contributed by atoms with Crippen LogP contribution in [0.15, 0.2) is 42.5 Å². The second kappa shape index (κ2) is 19.2.